The molecule has 0 amide bonds. The maximum atomic E-state index is 3.35. The summed E-state index contributed by atoms with van der Waals surface area (Å²) in [5.41, 5.74) is 0. The molecule has 0 radical (unpaired) electrons. The molecule has 0 aliphatic heterocycles. The van der Waals surface area contributed by atoms with E-state index in [0.29, 0.717) is 0 Å². The minimum atomic E-state index is 1.11. The lowest BCUT2D eigenvalue weighted by molar-refractivity contribution is 0.710. The van der Waals surface area contributed by atoms with E-state index in [1.165, 1.54) is 24.2 Å². The van der Waals surface area contributed by atoms with Crippen LogP contribution in [0.3, 0.4) is 0 Å². The van der Waals surface area contributed by atoms with Gasteiger partial charge in [0, 0.05) is 11.4 Å². The van der Waals surface area contributed by atoms with Gasteiger partial charge in [-0.15, -0.1) is 0 Å². The van der Waals surface area contributed by atoms with Crippen LogP contribution in [-0.4, -0.2) is 6.54 Å². The minimum absolute atomic E-state index is 1.11. The van der Waals surface area contributed by atoms with Crippen molar-refractivity contribution < 1.29 is 0 Å². The average molecular weight is 227 g/mol. The van der Waals surface area contributed by atoms with Crippen molar-refractivity contribution in [3.05, 3.63) is 30.3 Å². The van der Waals surface area contributed by atoms with Gasteiger partial charge in [0.1, 0.15) is 0 Å². The zero-order valence-corrected chi connectivity index (χ0v) is 10.2. The highest BCUT2D eigenvalue weighted by Crippen LogP contribution is 2.27. The quantitative estimate of drug-likeness (QED) is 0.427. The molecule has 0 saturated heterocycles. The summed E-state index contributed by atoms with van der Waals surface area (Å²) in [4.78, 5) is 1.31. The van der Waals surface area contributed by atoms with E-state index in [0.717, 1.165) is 6.54 Å². The van der Waals surface area contributed by atoms with Gasteiger partial charge in [0.15, 0.2) is 0 Å². The summed E-state index contributed by atoms with van der Waals surface area (Å²) in [6, 6.07) is 10.4. The monoisotopic (exact) mass is 227 g/mol. The summed E-state index contributed by atoms with van der Waals surface area (Å²) >= 11 is 0. The van der Waals surface area contributed by atoms with Crippen molar-refractivity contribution in [2.24, 2.45) is 0 Å². The molecule has 0 bridgehead atoms. The fourth-order valence-corrected chi connectivity index (χ4v) is 2.74. The van der Waals surface area contributed by atoms with Crippen molar-refractivity contribution in [2.75, 3.05) is 6.54 Å². The molecule has 0 aromatic heterocycles. The van der Waals surface area contributed by atoms with Crippen LogP contribution >= 0.6 is 21.8 Å². The molecule has 1 aromatic carbocycles. The summed E-state index contributed by atoms with van der Waals surface area (Å²) in [5, 5.41) is 0. The van der Waals surface area contributed by atoms with Gasteiger partial charge in [0.25, 0.3) is 0 Å². The second kappa shape index (κ2) is 8.21. The minimum Gasteiger partial charge on any atom is -0.254 e. The highest BCUT2D eigenvalue weighted by atomic mass is 33.1. The van der Waals surface area contributed by atoms with Gasteiger partial charge in [-0.05, 0) is 40.3 Å². The van der Waals surface area contributed by atoms with Gasteiger partial charge in [-0.3, -0.25) is 4.72 Å². The molecule has 0 aliphatic carbocycles. The molecule has 0 saturated carbocycles. The second-order valence-corrected chi connectivity index (χ2v) is 5.17. The summed E-state index contributed by atoms with van der Waals surface area (Å²) in [5.74, 6) is 0. The van der Waals surface area contributed by atoms with E-state index < -0.39 is 0 Å². The third-order valence-electron chi connectivity index (χ3n) is 1.82. The predicted molar refractivity (Wildman–Crippen MR) is 67.4 cm³/mol. The number of unbranched alkanes of at least 4 members (excludes halogenated alkanes) is 2. The Kier molecular flexibility index (Phi) is 7.01. The van der Waals surface area contributed by atoms with Gasteiger partial charge in [-0.2, -0.15) is 0 Å². The van der Waals surface area contributed by atoms with E-state index >= 15 is 0 Å². The molecule has 1 rings (SSSR count). The van der Waals surface area contributed by atoms with E-state index in [2.05, 4.69) is 35.9 Å². The van der Waals surface area contributed by atoms with Gasteiger partial charge in [0.05, 0.1) is 0 Å². The van der Waals surface area contributed by atoms with Crippen LogP contribution in [0.1, 0.15) is 26.2 Å². The first kappa shape index (κ1) is 12.0. The third kappa shape index (κ3) is 5.58. The summed E-state index contributed by atoms with van der Waals surface area (Å²) in [7, 11) is 3.51. The van der Waals surface area contributed by atoms with Gasteiger partial charge < -0.3 is 0 Å². The fraction of sp³-hybridized carbons (Fsp3) is 0.455. The molecule has 0 spiro atoms. The summed E-state index contributed by atoms with van der Waals surface area (Å²) in [6.07, 6.45) is 3.89. The van der Waals surface area contributed by atoms with Crippen molar-refractivity contribution in [1.82, 2.24) is 4.72 Å². The molecule has 14 heavy (non-hydrogen) atoms. The van der Waals surface area contributed by atoms with E-state index in [4.69, 9.17) is 0 Å². The topological polar surface area (TPSA) is 12.0 Å². The molecule has 1 nitrogen and oxygen atoms in total. The maximum Gasteiger partial charge on any atom is 0.0195 e. The SMILES string of the molecule is CCCCCNSSc1ccccc1. The van der Waals surface area contributed by atoms with Crippen molar-refractivity contribution in [2.45, 2.75) is 31.1 Å². The first-order valence-corrected chi connectivity index (χ1v) is 7.20. The predicted octanol–water partition coefficient (Wildman–Crippen LogP) is 4.12. The first-order chi connectivity index (χ1) is 6.93. The molecule has 0 fully saturated rings. The Morgan fingerprint density at radius 1 is 1.14 bits per heavy atom. The molecule has 3 heteroatoms. The normalized spacial score (nSPS) is 10.4. The smallest absolute Gasteiger partial charge is 0.0195 e. The average Bonchev–Trinajstić information content (AvgIpc) is 2.25. The number of nitrogens with one attached hydrogen (secondary N) is 1. The Hall–Kier alpha value is -0.120. The molecule has 1 N–H and O–H groups in total. The summed E-state index contributed by atoms with van der Waals surface area (Å²) < 4.78 is 3.35. The Labute approximate surface area is 94.6 Å². The lowest BCUT2D eigenvalue weighted by Crippen LogP contribution is -2.02. The Morgan fingerprint density at radius 2 is 1.93 bits per heavy atom. The molecule has 78 valence electrons. The first-order valence-electron chi connectivity index (χ1n) is 5.05. The van der Waals surface area contributed by atoms with Crippen molar-refractivity contribution in [3.8, 4) is 0 Å². The van der Waals surface area contributed by atoms with Gasteiger partial charge >= 0.3 is 0 Å². The molecular formula is C11H17NS2. The highest BCUT2D eigenvalue weighted by Gasteiger charge is 1.92. The van der Waals surface area contributed by atoms with E-state index in [1.54, 1.807) is 21.8 Å². The van der Waals surface area contributed by atoms with Crippen LogP contribution in [-0.2, 0) is 0 Å². The molecule has 0 heterocycles. The van der Waals surface area contributed by atoms with Crippen LogP contribution < -0.4 is 4.72 Å². The van der Waals surface area contributed by atoms with Crippen LogP contribution in [0.25, 0.3) is 0 Å². The lowest BCUT2D eigenvalue weighted by Gasteiger charge is -2.02. The largest absolute Gasteiger partial charge is 0.254 e. The van der Waals surface area contributed by atoms with Crippen molar-refractivity contribution in [1.29, 1.82) is 0 Å². The van der Waals surface area contributed by atoms with Crippen LogP contribution in [0.2, 0.25) is 0 Å². The number of benzene rings is 1. The van der Waals surface area contributed by atoms with E-state index in [-0.39, 0.29) is 0 Å². The fourth-order valence-electron chi connectivity index (χ4n) is 1.04. The standard InChI is InChI=1S/C11H17NS2/c1-2-3-7-10-12-14-13-11-8-5-4-6-9-11/h4-6,8-9,12H,2-3,7,10H2,1H3. The molecule has 0 atom stereocenters. The molecule has 0 aliphatic rings. The van der Waals surface area contributed by atoms with E-state index in [9.17, 15) is 0 Å². The van der Waals surface area contributed by atoms with Crippen LogP contribution in [0, 0.1) is 0 Å². The summed E-state index contributed by atoms with van der Waals surface area (Å²) in [6.45, 7) is 3.34. The number of hydrogen-bond donors (Lipinski definition) is 1. The van der Waals surface area contributed by atoms with Gasteiger partial charge in [-0.25, -0.2) is 0 Å². The van der Waals surface area contributed by atoms with Crippen molar-refractivity contribution in [3.63, 3.8) is 0 Å². The van der Waals surface area contributed by atoms with E-state index in [1.807, 2.05) is 6.07 Å². The van der Waals surface area contributed by atoms with Gasteiger partial charge in [0.2, 0.25) is 0 Å². The molecule has 1 aromatic rings. The zero-order valence-electron chi connectivity index (χ0n) is 8.53. The Bertz CT molecular complexity index is 226. The lowest BCUT2D eigenvalue weighted by atomic mass is 10.3. The highest BCUT2D eigenvalue weighted by molar-refractivity contribution is 8.76. The molecular weight excluding hydrogens is 210 g/mol. The number of rotatable bonds is 7. The van der Waals surface area contributed by atoms with Crippen LogP contribution in [0.15, 0.2) is 35.2 Å². The molecule has 0 unspecified atom stereocenters. The zero-order chi connectivity index (χ0) is 10.1. The van der Waals surface area contributed by atoms with Gasteiger partial charge in [-0.1, -0.05) is 38.0 Å². The Morgan fingerprint density at radius 3 is 2.64 bits per heavy atom. The second-order valence-electron chi connectivity index (χ2n) is 3.08. The van der Waals surface area contributed by atoms with Crippen LogP contribution in [0.5, 0.6) is 0 Å². The Balaban J connectivity index is 1.99. The maximum absolute atomic E-state index is 3.35. The number of hydrogen-bond acceptors (Lipinski definition) is 3. The van der Waals surface area contributed by atoms with Crippen LogP contribution in [0.4, 0.5) is 0 Å². The van der Waals surface area contributed by atoms with Crippen molar-refractivity contribution >= 4 is 21.8 Å². The third-order valence-corrected chi connectivity index (χ3v) is 3.87.